The maximum absolute atomic E-state index is 4.67. The fraction of sp³-hybridized carbons (Fsp3) is 0. The van der Waals surface area contributed by atoms with Crippen LogP contribution in [0, 0.1) is 0 Å². The molecular formula is C80H48N8. The zero-order valence-electron chi connectivity index (χ0n) is 47.3. The Morgan fingerprint density at radius 3 is 0.659 bits per heavy atom. The minimum Gasteiger partial charge on any atom is -0.256 e. The third-order valence-corrected chi connectivity index (χ3v) is 17.2. The van der Waals surface area contributed by atoms with Crippen LogP contribution >= 0.6 is 0 Å². The first-order valence-electron chi connectivity index (χ1n) is 29.4. The molecule has 0 atom stereocenters. The first-order chi connectivity index (χ1) is 43.7. The van der Waals surface area contributed by atoms with E-state index in [0.717, 1.165) is 76.5 Å². The zero-order valence-corrected chi connectivity index (χ0v) is 47.3. The van der Waals surface area contributed by atoms with Crippen LogP contribution in [-0.4, -0.2) is 39.9 Å². The van der Waals surface area contributed by atoms with E-state index in [4.69, 9.17) is 0 Å². The lowest BCUT2D eigenvalue weighted by atomic mass is 9.95. The Bertz CT molecular complexity index is 5090. The van der Waals surface area contributed by atoms with Crippen LogP contribution in [0.3, 0.4) is 0 Å². The lowest BCUT2D eigenvalue weighted by Gasteiger charge is -2.10. The molecule has 0 bridgehead atoms. The van der Waals surface area contributed by atoms with E-state index in [2.05, 4.69) is 246 Å². The topological polar surface area (TPSA) is 103 Å². The fourth-order valence-corrected chi connectivity index (χ4v) is 13.2. The first-order valence-corrected chi connectivity index (χ1v) is 29.4. The van der Waals surface area contributed by atoms with Gasteiger partial charge in [0.05, 0.1) is 44.1 Å². The molecule has 0 unspecified atom stereocenters. The second-order valence-electron chi connectivity index (χ2n) is 22.2. The summed E-state index contributed by atoms with van der Waals surface area (Å²) < 4.78 is 0. The smallest absolute Gasteiger partial charge is 0.0987 e. The van der Waals surface area contributed by atoms with Crippen LogP contribution in [0.2, 0.25) is 0 Å². The molecule has 0 saturated carbocycles. The molecule has 0 aliphatic rings. The van der Waals surface area contributed by atoms with Crippen molar-refractivity contribution in [2.75, 3.05) is 0 Å². The van der Waals surface area contributed by atoms with Crippen molar-refractivity contribution >= 4 is 173 Å². The molecule has 7 aromatic heterocycles. The van der Waals surface area contributed by atoms with Gasteiger partial charge in [0, 0.05) is 114 Å². The molecule has 0 radical (unpaired) electrons. The van der Waals surface area contributed by atoms with Gasteiger partial charge in [0.25, 0.3) is 0 Å². The van der Waals surface area contributed by atoms with E-state index in [-0.39, 0.29) is 0 Å². The van der Waals surface area contributed by atoms with E-state index in [0.29, 0.717) is 0 Å². The van der Waals surface area contributed by atoms with Gasteiger partial charge in [-0.1, -0.05) is 146 Å². The summed E-state index contributed by atoms with van der Waals surface area (Å²) in [6, 6.07) is 84.9. The van der Waals surface area contributed by atoms with Crippen molar-refractivity contribution in [2.24, 2.45) is 0 Å². The monoisotopic (exact) mass is 1120 g/mol. The molecular weight excluding hydrogens is 1070 g/mol. The highest BCUT2D eigenvalue weighted by Crippen LogP contribution is 2.40. The molecule has 0 amide bonds. The van der Waals surface area contributed by atoms with Gasteiger partial charge in [0.2, 0.25) is 0 Å². The number of nitrogens with zero attached hydrogens (tertiary/aromatic N) is 8. The highest BCUT2D eigenvalue weighted by molar-refractivity contribution is 6.29. The number of rotatable bonds is 0. The SMILES string of the molecule is c1ccc2cc3c(cc2c1)c1ccccc1c1cccnc13.c1ccc2cc3c(cc2c1)c1cccnc1c1cccnc31.c1ccc2cc3c(cc2c1)c1ncccc1c1cccnc13.c1ccc2cc3c(cc2c1)c1ncccc1c1nccnc31. The van der Waals surface area contributed by atoms with E-state index in [9.17, 15) is 0 Å². The predicted octanol–water partition coefficient (Wildman–Crippen LogP) is 20.4. The summed E-state index contributed by atoms with van der Waals surface area (Å²) in [6.45, 7) is 0. The Kier molecular flexibility index (Phi) is 12.0. The Balaban J connectivity index is 0.0000000910. The largest absolute Gasteiger partial charge is 0.256 e. The molecule has 20 rings (SSSR count). The summed E-state index contributed by atoms with van der Waals surface area (Å²) in [5, 5.41) is 28.8. The number of aromatic nitrogens is 8. The van der Waals surface area contributed by atoms with Crippen molar-refractivity contribution in [2.45, 2.75) is 0 Å². The van der Waals surface area contributed by atoms with E-state index in [1.165, 1.54) is 97.0 Å². The number of pyridine rings is 6. The summed E-state index contributed by atoms with van der Waals surface area (Å²) in [6.07, 6.45) is 14.6. The maximum Gasteiger partial charge on any atom is 0.0987 e. The van der Waals surface area contributed by atoms with Gasteiger partial charge in [-0.05, 0) is 162 Å². The number of benzene rings is 13. The molecule has 20 aromatic rings. The molecule has 13 aromatic carbocycles. The van der Waals surface area contributed by atoms with Crippen molar-refractivity contribution in [1.29, 1.82) is 0 Å². The van der Waals surface area contributed by atoms with Crippen molar-refractivity contribution in [1.82, 2.24) is 39.9 Å². The predicted molar refractivity (Wildman–Crippen MR) is 368 cm³/mol. The van der Waals surface area contributed by atoms with Crippen LogP contribution in [0.15, 0.2) is 292 Å². The van der Waals surface area contributed by atoms with E-state index < -0.39 is 0 Å². The maximum atomic E-state index is 4.67. The Morgan fingerprint density at radius 1 is 0.125 bits per heavy atom. The van der Waals surface area contributed by atoms with Gasteiger partial charge in [0.15, 0.2) is 0 Å². The van der Waals surface area contributed by atoms with Gasteiger partial charge in [-0.2, -0.15) is 0 Å². The van der Waals surface area contributed by atoms with Gasteiger partial charge >= 0.3 is 0 Å². The third-order valence-electron chi connectivity index (χ3n) is 17.2. The van der Waals surface area contributed by atoms with Crippen molar-refractivity contribution in [3.8, 4) is 0 Å². The molecule has 8 heteroatoms. The van der Waals surface area contributed by atoms with Crippen LogP contribution in [-0.2, 0) is 0 Å². The number of fused-ring (bicyclic) bond motifs is 28. The lowest BCUT2D eigenvalue weighted by Crippen LogP contribution is -1.90. The Morgan fingerprint density at radius 2 is 0.307 bits per heavy atom. The van der Waals surface area contributed by atoms with Crippen LogP contribution in [0.1, 0.15) is 0 Å². The first kappa shape index (κ1) is 50.5. The number of hydrogen-bond donors (Lipinski definition) is 0. The summed E-state index contributed by atoms with van der Waals surface area (Å²) in [4.78, 5) is 36.9. The van der Waals surface area contributed by atoms with Gasteiger partial charge in [-0.25, -0.2) is 0 Å². The minimum absolute atomic E-state index is 0.911. The van der Waals surface area contributed by atoms with Gasteiger partial charge in [0.1, 0.15) is 0 Å². The lowest BCUT2D eigenvalue weighted by molar-refractivity contribution is 1.31. The Hall–Kier alpha value is -12.0. The molecule has 88 heavy (non-hydrogen) atoms. The average molecular weight is 1120 g/mol. The fourth-order valence-electron chi connectivity index (χ4n) is 13.2. The van der Waals surface area contributed by atoms with Crippen LogP contribution < -0.4 is 0 Å². The van der Waals surface area contributed by atoms with E-state index in [1.807, 2.05) is 73.6 Å². The van der Waals surface area contributed by atoms with Crippen molar-refractivity contribution in [3.63, 3.8) is 0 Å². The van der Waals surface area contributed by atoms with E-state index in [1.54, 1.807) is 12.4 Å². The highest BCUT2D eigenvalue weighted by atomic mass is 14.8. The van der Waals surface area contributed by atoms with Gasteiger partial charge in [-0.15, -0.1) is 0 Å². The van der Waals surface area contributed by atoms with Crippen LogP contribution in [0.4, 0.5) is 0 Å². The molecule has 0 saturated heterocycles. The van der Waals surface area contributed by atoms with Gasteiger partial charge < -0.3 is 0 Å². The average Bonchev–Trinajstić information content (AvgIpc) is 3.38. The molecule has 8 nitrogen and oxygen atoms in total. The molecule has 0 aliphatic carbocycles. The minimum atomic E-state index is 0.911. The molecule has 408 valence electrons. The molecule has 7 heterocycles. The summed E-state index contributed by atoms with van der Waals surface area (Å²) in [5.74, 6) is 0. The van der Waals surface area contributed by atoms with Crippen molar-refractivity contribution in [3.05, 3.63) is 292 Å². The summed E-state index contributed by atoms with van der Waals surface area (Å²) in [5.41, 5.74) is 8.05. The van der Waals surface area contributed by atoms with Crippen LogP contribution in [0.5, 0.6) is 0 Å². The zero-order chi connectivity index (χ0) is 58.1. The normalized spacial score (nSPS) is 11.6. The standard InChI is InChI=1S/C21H13N.2C20H12N2.C19H11N3/c1-2-7-15-13-20-19(12-14(15)6-1)17-9-4-3-8-16(17)18-10-5-11-22-21(18)20;1-2-6-14-12-18-17(11-13(14)5-1)15-7-3-9-21-19(15)16-8-4-10-22-20(16)18;1-2-6-14-12-18-17(11-13(14)5-1)19-15(7-3-9-21-19)16-8-4-10-22-20(16)18;1-2-5-13-11-16-15(10-12(13)4-1)17-14(6-3-7-20-17)18-19(16)22-9-8-21-18/h1-13H;2*1-12H;1-11H. The van der Waals surface area contributed by atoms with Crippen LogP contribution in [0.25, 0.3) is 173 Å². The molecule has 0 N–H and O–H groups in total. The third kappa shape index (κ3) is 8.45. The number of hydrogen-bond acceptors (Lipinski definition) is 8. The summed E-state index contributed by atoms with van der Waals surface area (Å²) in [7, 11) is 0. The van der Waals surface area contributed by atoms with Crippen molar-refractivity contribution < 1.29 is 0 Å². The van der Waals surface area contributed by atoms with Gasteiger partial charge in [-0.3, -0.25) is 39.9 Å². The Labute approximate surface area is 502 Å². The molecule has 0 spiro atoms. The second kappa shape index (κ2) is 21.0. The second-order valence-corrected chi connectivity index (χ2v) is 22.2. The quantitative estimate of drug-likeness (QED) is 0.109. The molecule has 0 aliphatic heterocycles. The van der Waals surface area contributed by atoms with E-state index >= 15 is 0 Å². The molecule has 0 fully saturated rings. The highest BCUT2D eigenvalue weighted by Gasteiger charge is 2.16. The summed E-state index contributed by atoms with van der Waals surface area (Å²) >= 11 is 0.